The van der Waals surface area contributed by atoms with E-state index in [0.717, 1.165) is 0 Å². The average molecular weight is 272 g/mol. The van der Waals surface area contributed by atoms with Crippen LogP contribution in [0.3, 0.4) is 0 Å². The number of carbonyl (C=O) groups excluding carboxylic acids is 1. The minimum absolute atomic E-state index is 0.160. The first-order chi connectivity index (χ1) is 8.93. The number of aliphatic carboxylic acids is 1. The number of carboxylic acid groups (broad SMARTS) is 1. The maximum atomic E-state index is 11.4. The van der Waals surface area contributed by atoms with Gasteiger partial charge in [0.15, 0.2) is 12.4 Å². The van der Waals surface area contributed by atoms with Crippen molar-refractivity contribution < 1.29 is 28.7 Å². The third-order valence-electron chi connectivity index (χ3n) is 2.30. The zero-order valence-electron chi connectivity index (χ0n) is 10.9. The summed E-state index contributed by atoms with van der Waals surface area (Å²) in [6.45, 7) is 3.20. The summed E-state index contributed by atoms with van der Waals surface area (Å²) in [6.07, 6.45) is -0.837. The third kappa shape index (κ3) is 4.49. The first-order valence-electron chi connectivity index (χ1n) is 5.59. The molecule has 1 aromatic heterocycles. The molecule has 1 atom stereocenters. The number of aromatic nitrogens is 1. The van der Waals surface area contributed by atoms with Crippen LogP contribution in [0.15, 0.2) is 10.6 Å². The van der Waals surface area contributed by atoms with Gasteiger partial charge >= 0.3 is 12.1 Å². The molecule has 1 amide bonds. The number of alkyl carbamates (subject to hydrolysis) is 1. The Kier molecular flexibility index (Phi) is 5.16. The smallest absolute Gasteiger partial charge is 0.408 e. The predicted octanol–water partition coefficient (Wildman–Crippen LogP) is 1.02. The number of carboxylic acids is 1. The van der Waals surface area contributed by atoms with Crippen LogP contribution in [0.4, 0.5) is 4.79 Å². The van der Waals surface area contributed by atoms with Crippen LogP contribution < -0.4 is 10.1 Å². The van der Waals surface area contributed by atoms with E-state index in [9.17, 15) is 9.59 Å². The highest BCUT2D eigenvalue weighted by molar-refractivity contribution is 5.80. The average Bonchev–Trinajstić information content (AvgIpc) is 2.80. The van der Waals surface area contributed by atoms with Crippen molar-refractivity contribution in [3.05, 3.63) is 11.8 Å². The van der Waals surface area contributed by atoms with Crippen molar-refractivity contribution in [2.45, 2.75) is 26.5 Å². The molecule has 0 saturated carbocycles. The first kappa shape index (κ1) is 14.8. The van der Waals surface area contributed by atoms with Crippen LogP contribution >= 0.6 is 0 Å². The number of nitrogens with one attached hydrogen (secondary N) is 1. The first-order valence-corrected chi connectivity index (χ1v) is 5.59. The van der Waals surface area contributed by atoms with Crippen molar-refractivity contribution in [3.63, 3.8) is 0 Å². The van der Waals surface area contributed by atoms with Gasteiger partial charge < -0.3 is 24.4 Å². The number of nitrogens with zero attached hydrogens (tertiary/aromatic N) is 1. The van der Waals surface area contributed by atoms with Crippen LogP contribution in [-0.4, -0.2) is 35.5 Å². The van der Waals surface area contributed by atoms with Gasteiger partial charge in [-0.2, -0.15) is 0 Å². The van der Waals surface area contributed by atoms with Crippen LogP contribution in [0.2, 0.25) is 0 Å². The summed E-state index contributed by atoms with van der Waals surface area (Å²) in [5, 5.41) is 14.7. The Bertz CT molecular complexity index is 442. The van der Waals surface area contributed by atoms with Crippen LogP contribution in [0.25, 0.3) is 0 Å². The zero-order valence-corrected chi connectivity index (χ0v) is 10.9. The summed E-state index contributed by atoms with van der Waals surface area (Å²) in [5.41, 5.74) is 0. The van der Waals surface area contributed by atoms with E-state index in [-0.39, 0.29) is 18.4 Å². The number of carbonyl (C=O) groups is 2. The molecule has 8 heteroatoms. The fraction of sp³-hybridized carbons (Fsp3) is 0.545. The lowest BCUT2D eigenvalue weighted by Crippen LogP contribution is -2.44. The van der Waals surface area contributed by atoms with Gasteiger partial charge in [0, 0.05) is 6.07 Å². The molecule has 1 aromatic rings. The fourth-order valence-corrected chi connectivity index (χ4v) is 1.28. The Morgan fingerprint density at radius 2 is 2.21 bits per heavy atom. The van der Waals surface area contributed by atoms with E-state index in [1.165, 1.54) is 13.2 Å². The molecule has 8 nitrogen and oxygen atoms in total. The van der Waals surface area contributed by atoms with Crippen molar-refractivity contribution in [1.29, 1.82) is 0 Å². The van der Waals surface area contributed by atoms with E-state index >= 15 is 0 Å². The zero-order chi connectivity index (χ0) is 14.4. The molecule has 19 heavy (non-hydrogen) atoms. The van der Waals surface area contributed by atoms with E-state index < -0.39 is 18.1 Å². The monoisotopic (exact) mass is 272 g/mol. The molecule has 1 heterocycles. The number of hydrogen-bond acceptors (Lipinski definition) is 6. The van der Waals surface area contributed by atoms with Gasteiger partial charge in [0.05, 0.1) is 7.11 Å². The normalized spacial score (nSPS) is 12.0. The minimum Gasteiger partial charge on any atom is -0.480 e. The molecule has 0 saturated heterocycles. The van der Waals surface area contributed by atoms with Crippen LogP contribution in [0.5, 0.6) is 5.88 Å². The predicted molar refractivity (Wildman–Crippen MR) is 62.6 cm³/mol. The minimum atomic E-state index is -1.12. The Morgan fingerprint density at radius 1 is 1.53 bits per heavy atom. The quantitative estimate of drug-likeness (QED) is 0.795. The van der Waals surface area contributed by atoms with Gasteiger partial charge in [0.2, 0.25) is 0 Å². The Hall–Kier alpha value is -2.25. The molecule has 2 N–H and O–H groups in total. The summed E-state index contributed by atoms with van der Waals surface area (Å²) in [7, 11) is 1.43. The summed E-state index contributed by atoms with van der Waals surface area (Å²) in [5.74, 6) is -0.809. The Balaban J connectivity index is 2.44. The van der Waals surface area contributed by atoms with E-state index in [1.807, 2.05) is 0 Å². The van der Waals surface area contributed by atoms with Crippen LogP contribution in [-0.2, 0) is 16.1 Å². The molecule has 0 unspecified atom stereocenters. The molecule has 0 aliphatic carbocycles. The van der Waals surface area contributed by atoms with E-state index in [0.29, 0.717) is 5.76 Å². The number of hydrogen-bond donors (Lipinski definition) is 2. The summed E-state index contributed by atoms with van der Waals surface area (Å²) in [4.78, 5) is 22.3. The lowest BCUT2D eigenvalue weighted by Gasteiger charge is -2.17. The summed E-state index contributed by atoms with van der Waals surface area (Å²) >= 11 is 0. The second-order valence-electron chi connectivity index (χ2n) is 4.12. The number of ether oxygens (including phenoxy) is 2. The molecule has 0 aliphatic rings. The molecule has 0 aliphatic heterocycles. The van der Waals surface area contributed by atoms with Crippen LogP contribution in [0, 0.1) is 5.92 Å². The van der Waals surface area contributed by atoms with Gasteiger partial charge in [-0.25, -0.2) is 9.59 Å². The van der Waals surface area contributed by atoms with E-state index in [4.69, 9.17) is 19.1 Å². The fourth-order valence-electron chi connectivity index (χ4n) is 1.28. The molecule has 106 valence electrons. The SMILES string of the molecule is COc1cc(COC(=O)N[C@H](C(=O)O)C(C)C)on1. The lowest BCUT2D eigenvalue weighted by molar-refractivity contribution is -0.140. The molecule has 0 fully saturated rings. The van der Waals surface area contributed by atoms with Crippen molar-refractivity contribution >= 4 is 12.1 Å². The molecule has 1 rings (SSSR count). The molecular weight excluding hydrogens is 256 g/mol. The van der Waals surface area contributed by atoms with E-state index in [1.54, 1.807) is 13.8 Å². The van der Waals surface area contributed by atoms with Gasteiger partial charge in [-0.05, 0) is 11.1 Å². The van der Waals surface area contributed by atoms with Gasteiger partial charge in [-0.1, -0.05) is 13.8 Å². The topological polar surface area (TPSA) is 111 Å². The standard InChI is InChI=1S/C11H16N2O6/c1-6(2)9(10(14)15)12-11(16)18-5-7-4-8(17-3)13-19-7/h4,6,9H,5H2,1-3H3,(H,12,16)(H,14,15)/t9-/m0/s1. The van der Waals surface area contributed by atoms with Crippen LogP contribution in [0.1, 0.15) is 19.6 Å². The molecule has 0 aromatic carbocycles. The summed E-state index contributed by atoms with van der Waals surface area (Å²) in [6, 6.07) is 0.460. The molecule has 0 radical (unpaired) electrons. The Labute approximate surface area is 109 Å². The number of amides is 1. The van der Waals surface area contributed by atoms with Gasteiger partial charge in [0.25, 0.3) is 5.88 Å². The van der Waals surface area contributed by atoms with E-state index in [2.05, 4.69) is 10.5 Å². The van der Waals surface area contributed by atoms with Gasteiger partial charge in [-0.15, -0.1) is 0 Å². The number of methoxy groups -OCH3 is 1. The lowest BCUT2D eigenvalue weighted by atomic mass is 10.1. The highest BCUT2D eigenvalue weighted by atomic mass is 16.6. The van der Waals surface area contributed by atoms with Crippen molar-refractivity contribution in [1.82, 2.24) is 10.5 Å². The maximum absolute atomic E-state index is 11.4. The summed E-state index contributed by atoms with van der Waals surface area (Å²) < 4.78 is 14.4. The van der Waals surface area contributed by atoms with Gasteiger partial charge in [0.1, 0.15) is 6.04 Å². The molecule has 0 spiro atoms. The Morgan fingerprint density at radius 3 is 2.68 bits per heavy atom. The highest BCUT2D eigenvalue weighted by Crippen LogP contribution is 2.11. The third-order valence-corrected chi connectivity index (χ3v) is 2.30. The second kappa shape index (κ2) is 6.62. The van der Waals surface area contributed by atoms with Gasteiger partial charge in [-0.3, -0.25) is 0 Å². The maximum Gasteiger partial charge on any atom is 0.408 e. The largest absolute Gasteiger partial charge is 0.480 e. The highest BCUT2D eigenvalue weighted by Gasteiger charge is 2.24. The second-order valence-corrected chi connectivity index (χ2v) is 4.12. The molecular formula is C11H16N2O6. The number of rotatable bonds is 6. The van der Waals surface area contributed by atoms with Crippen molar-refractivity contribution in [3.8, 4) is 5.88 Å². The van der Waals surface area contributed by atoms with Crippen molar-refractivity contribution in [2.24, 2.45) is 5.92 Å². The van der Waals surface area contributed by atoms with Crippen molar-refractivity contribution in [2.75, 3.05) is 7.11 Å². The molecule has 0 bridgehead atoms.